The molecule has 0 aliphatic carbocycles. The van der Waals surface area contributed by atoms with E-state index in [1.165, 1.54) is 11.3 Å². The number of thiazole rings is 1. The molecule has 4 heteroatoms. The van der Waals surface area contributed by atoms with Crippen LogP contribution in [0.15, 0.2) is 5.51 Å². The van der Waals surface area contributed by atoms with Crippen LogP contribution < -0.4 is 5.73 Å². The highest BCUT2D eigenvalue weighted by Crippen LogP contribution is 2.11. The summed E-state index contributed by atoms with van der Waals surface area (Å²) in [5, 5.41) is 0. The third-order valence-corrected chi connectivity index (χ3v) is 2.15. The fraction of sp³-hybridized carbons (Fsp3) is 0.333. The van der Waals surface area contributed by atoms with E-state index in [1.807, 2.05) is 0 Å². The summed E-state index contributed by atoms with van der Waals surface area (Å²) in [4.78, 5) is 15.6. The average Bonchev–Trinajstić information content (AvgIpc) is 2.34. The molecule has 2 N–H and O–H groups in total. The molecule has 0 aliphatic heterocycles. The number of ketones is 1. The van der Waals surface area contributed by atoms with E-state index in [4.69, 9.17) is 5.73 Å². The van der Waals surface area contributed by atoms with Crippen LogP contribution in [0.2, 0.25) is 0 Å². The van der Waals surface area contributed by atoms with Gasteiger partial charge in [0.1, 0.15) is 0 Å². The number of rotatable bonds is 2. The molecule has 0 saturated carbocycles. The third-order valence-electron chi connectivity index (χ3n) is 1.18. The number of nitrogens with zero attached hydrogens (tertiary/aromatic N) is 1. The van der Waals surface area contributed by atoms with Crippen LogP contribution in [0.5, 0.6) is 0 Å². The van der Waals surface area contributed by atoms with Gasteiger partial charge in [0.05, 0.1) is 22.6 Å². The maximum Gasteiger partial charge on any atom is 0.188 e. The van der Waals surface area contributed by atoms with Crippen LogP contribution in [-0.2, 0) is 0 Å². The number of carbonyl (C=O) groups excluding carboxylic acids is 1. The van der Waals surface area contributed by atoms with Crippen LogP contribution in [0, 0.1) is 6.92 Å². The summed E-state index contributed by atoms with van der Waals surface area (Å²) in [6, 6.07) is 0. The van der Waals surface area contributed by atoms with Crippen LogP contribution in [-0.4, -0.2) is 17.3 Å². The van der Waals surface area contributed by atoms with Gasteiger partial charge < -0.3 is 5.73 Å². The van der Waals surface area contributed by atoms with E-state index in [0.717, 1.165) is 5.69 Å². The van der Waals surface area contributed by atoms with E-state index in [-0.39, 0.29) is 12.3 Å². The highest BCUT2D eigenvalue weighted by atomic mass is 32.1. The Morgan fingerprint density at radius 3 is 3.00 bits per heavy atom. The zero-order valence-electron chi connectivity index (χ0n) is 5.63. The van der Waals surface area contributed by atoms with Crippen LogP contribution >= 0.6 is 11.3 Å². The summed E-state index contributed by atoms with van der Waals surface area (Å²) in [7, 11) is 0. The smallest absolute Gasteiger partial charge is 0.188 e. The molecule has 0 saturated heterocycles. The molecule has 3 nitrogen and oxygen atoms in total. The average molecular weight is 156 g/mol. The van der Waals surface area contributed by atoms with Gasteiger partial charge in [0.25, 0.3) is 0 Å². The number of carbonyl (C=O) groups is 1. The van der Waals surface area contributed by atoms with Crippen molar-refractivity contribution in [3.63, 3.8) is 0 Å². The molecule has 1 rings (SSSR count). The van der Waals surface area contributed by atoms with Crippen LogP contribution in [0.25, 0.3) is 0 Å². The molecule has 0 fully saturated rings. The second-order valence-electron chi connectivity index (χ2n) is 1.89. The van der Waals surface area contributed by atoms with Gasteiger partial charge in [0, 0.05) is 0 Å². The number of hydrogen-bond donors (Lipinski definition) is 1. The van der Waals surface area contributed by atoms with Crippen LogP contribution in [0.4, 0.5) is 0 Å². The van der Waals surface area contributed by atoms with Gasteiger partial charge in [-0.1, -0.05) is 0 Å². The molecule has 0 amide bonds. The summed E-state index contributed by atoms with van der Waals surface area (Å²) in [6.07, 6.45) is 0. The minimum Gasteiger partial charge on any atom is -0.324 e. The van der Waals surface area contributed by atoms with Gasteiger partial charge in [-0.15, -0.1) is 11.3 Å². The maximum absolute atomic E-state index is 10.9. The van der Waals surface area contributed by atoms with Crippen molar-refractivity contribution >= 4 is 17.1 Å². The number of nitrogens with two attached hydrogens (primary N) is 1. The normalized spacial score (nSPS) is 9.80. The summed E-state index contributed by atoms with van der Waals surface area (Å²) in [5.74, 6) is -0.0278. The van der Waals surface area contributed by atoms with Crippen molar-refractivity contribution in [1.29, 1.82) is 0 Å². The molecule has 0 aromatic carbocycles. The van der Waals surface area contributed by atoms with Crippen molar-refractivity contribution in [3.8, 4) is 0 Å². The predicted molar refractivity (Wildman–Crippen MR) is 40.2 cm³/mol. The maximum atomic E-state index is 10.9. The van der Waals surface area contributed by atoms with E-state index in [1.54, 1.807) is 12.4 Å². The molecular weight excluding hydrogens is 148 g/mol. The molecule has 1 aromatic heterocycles. The topological polar surface area (TPSA) is 56.0 Å². The monoisotopic (exact) mass is 156 g/mol. The quantitative estimate of drug-likeness (QED) is 0.638. The molecule has 54 valence electrons. The Hall–Kier alpha value is -0.740. The SMILES string of the molecule is Cc1ncsc1C(=O)CN. The second-order valence-corrected chi connectivity index (χ2v) is 2.75. The molecule has 0 aliphatic rings. The first-order chi connectivity index (χ1) is 4.75. The van der Waals surface area contributed by atoms with E-state index in [0.29, 0.717) is 4.88 Å². The Balaban J connectivity index is 2.93. The molecule has 0 unspecified atom stereocenters. The second kappa shape index (κ2) is 2.90. The predicted octanol–water partition coefficient (Wildman–Crippen LogP) is 0.593. The lowest BCUT2D eigenvalue weighted by atomic mass is 10.3. The van der Waals surface area contributed by atoms with Gasteiger partial charge in [-0.3, -0.25) is 4.79 Å². The minimum absolute atomic E-state index is 0.0278. The summed E-state index contributed by atoms with van der Waals surface area (Å²) in [6.45, 7) is 1.88. The Bertz CT molecular complexity index is 244. The first kappa shape index (κ1) is 7.37. The van der Waals surface area contributed by atoms with Crippen molar-refractivity contribution in [1.82, 2.24) is 4.98 Å². The van der Waals surface area contributed by atoms with Crippen molar-refractivity contribution in [2.75, 3.05) is 6.54 Å². The highest BCUT2D eigenvalue weighted by molar-refractivity contribution is 7.12. The van der Waals surface area contributed by atoms with Crippen molar-refractivity contribution in [2.45, 2.75) is 6.92 Å². The number of aromatic nitrogens is 1. The Labute approximate surface area is 62.9 Å². The van der Waals surface area contributed by atoms with Crippen molar-refractivity contribution in [3.05, 3.63) is 16.1 Å². The summed E-state index contributed by atoms with van der Waals surface area (Å²) < 4.78 is 0. The molecule has 0 bridgehead atoms. The first-order valence-corrected chi connectivity index (χ1v) is 3.77. The molecule has 0 radical (unpaired) electrons. The lowest BCUT2D eigenvalue weighted by molar-refractivity contribution is 0.100. The third kappa shape index (κ3) is 1.22. The lowest BCUT2D eigenvalue weighted by Crippen LogP contribution is -2.12. The Kier molecular flexibility index (Phi) is 2.13. The molecule has 10 heavy (non-hydrogen) atoms. The first-order valence-electron chi connectivity index (χ1n) is 2.89. The van der Waals surface area contributed by atoms with E-state index in [9.17, 15) is 4.79 Å². The lowest BCUT2D eigenvalue weighted by Gasteiger charge is -1.90. The molecular formula is C6H8N2OS. The van der Waals surface area contributed by atoms with Crippen LogP contribution in [0.1, 0.15) is 15.4 Å². The van der Waals surface area contributed by atoms with Gasteiger partial charge in [-0.05, 0) is 6.92 Å². The standard InChI is InChI=1S/C6H8N2OS/c1-4-6(5(9)2-7)10-3-8-4/h3H,2,7H2,1H3. The van der Waals surface area contributed by atoms with Gasteiger partial charge in [-0.2, -0.15) is 0 Å². The van der Waals surface area contributed by atoms with Crippen molar-refractivity contribution < 1.29 is 4.79 Å². The van der Waals surface area contributed by atoms with Gasteiger partial charge in [-0.25, -0.2) is 4.98 Å². The number of aryl methyl sites for hydroxylation is 1. The van der Waals surface area contributed by atoms with E-state index in [2.05, 4.69) is 4.98 Å². The van der Waals surface area contributed by atoms with E-state index < -0.39 is 0 Å². The summed E-state index contributed by atoms with van der Waals surface area (Å²) >= 11 is 1.34. The highest BCUT2D eigenvalue weighted by Gasteiger charge is 2.08. The Morgan fingerprint density at radius 2 is 2.60 bits per heavy atom. The molecule has 0 atom stereocenters. The van der Waals surface area contributed by atoms with Gasteiger partial charge >= 0.3 is 0 Å². The number of Topliss-reactive ketones (excluding diaryl/α,β-unsaturated/α-hetero) is 1. The Morgan fingerprint density at radius 1 is 1.90 bits per heavy atom. The fourth-order valence-electron chi connectivity index (χ4n) is 0.662. The van der Waals surface area contributed by atoms with Crippen molar-refractivity contribution in [2.24, 2.45) is 5.73 Å². The zero-order chi connectivity index (χ0) is 7.56. The largest absolute Gasteiger partial charge is 0.324 e. The molecule has 1 heterocycles. The number of hydrogen-bond acceptors (Lipinski definition) is 4. The fourth-order valence-corrected chi connectivity index (χ4v) is 1.42. The minimum atomic E-state index is -0.0278. The van der Waals surface area contributed by atoms with Gasteiger partial charge in [0.2, 0.25) is 0 Å². The zero-order valence-corrected chi connectivity index (χ0v) is 6.44. The summed E-state index contributed by atoms with van der Waals surface area (Å²) in [5.41, 5.74) is 7.59. The van der Waals surface area contributed by atoms with E-state index >= 15 is 0 Å². The molecule has 1 aromatic rings. The van der Waals surface area contributed by atoms with Crippen LogP contribution in [0.3, 0.4) is 0 Å². The molecule has 0 spiro atoms. The van der Waals surface area contributed by atoms with Gasteiger partial charge in [0.15, 0.2) is 5.78 Å².